The van der Waals surface area contributed by atoms with Crippen LogP contribution in [0.15, 0.2) is 17.1 Å². The first kappa shape index (κ1) is 12.5. The highest BCUT2D eigenvalue weighted by Gasteiger charge is 2.14. The number of rotatable bonds is 1. The number of hydrogen-bond acceptors (Lipinski definition) is 4. The van der Waals surface area contributed by atoms with Gasteiger partial charge < -0.3 is 4.98 Å². The summed E-state index contributed by atoms with van der Waals surface area (Å²) in [5, 5.41) is 4.18. The molecule has 6 nitrogen and oxygen atoms in total. The van der Waals surface area contributed by atoms with Crippen LogP contribution in [0.2, 0.25) is 0 Å². The Kier molecular flexibility index (Phi) is 2.67. The summed E-state index contributed by atoms with van der Waals surface area (Å²) in [6.07, 6.45) is 1.80. The van der Waals surface area contributed by atoms with Crippen molar-refractivity contribution in [1.29, 1.82) is 0 Å². The van der Waals surface area contributed by atoms with E-state index >= 15 is 0 Å². The fraction of sp³-hybridized carbons (Fsp3) is 0.286. The van der Waals surface area contributed by atoms with Gasteiger partial charge in [-0.3, -0.25) is 14.5 Å². The molecule has 0 aromatic carbocycles. The molecule has 3 heterocycles. The van der Waals surface area contributed by atoms with Gasteiger partial charge in [-0.25, -0.2) is 4.98 Å². The summed E-state index contributed by atoms with van der Waals surface area (Å²) in [4.78, 5) is 23.8. The number of fused-ring (bicyclic) bond motifs is 1. The Balaban J connectivity index is 2.35. The molecule has 0 amide bonds. The Morgan fingerprint density at radius 3 is 2.70 bits per heavy atom. The minimum Gasteiger partial charge on any atom is -0.305 e. The molecule has 3 rings (SSSR count). The maximum atomic E-state index is 12.1. The van der Waals surface area contributed by atoms with Crippen molar-refractivity contribution in [2.45, 2.75) is 20.8 Å². The monoisotopic (exact) mass is 269 g/mol. The Hall–Kier alpha value is -2.50. The van der Waals surface area contributed by atoms with E-state index in [-0.39, 0.29) is 5.56 Å². The van der Waals surface area contributed by atoms with Crippen molar-refractivity contribution in [3.63, 3.8) is 0 Å². The zero-order valence-electron chi connectivity index (χ0n) is 11.9. The van der Waals surface area contributed by atoms with E-state index < -0.39 is 0 Å². The highest BCUT2D eigenvalue weighted by atomic mass is 16.1. The summed E-state index contributed by atoms with van der Waals surface area (Å²) >= 11 is 0. The van der Waals surface area contributed by atoms with Crippen LogP contribution in [-0.2, 0) is 7.05 Å². The molecule has 6 heteroatoms. The van der Waals surface area contributed by atoms with Gasteiger partial charge in [-0.2, -0.15) is 5.10 Å². The van der Waals surface area contributed by atoms with E-state index in [0.717, 1.165) is 22.5 Å². The van der Waals surface area contributed by atoms with Crippen molar-refractivity contribution < 1.29 is 0 Å². The van der Waals surface area contributed by atoms with Gasteiger partial charge in [0.1, 0.15) is 11.3 Å². The lowest BCUT2D eigenvalue weighted by molar-refractivity contribution is 0.749. The van der Waals surface area contributed by atoms with Gasteiger partial charge in [0.15, 0.2) is 5.52 Å². The van der Waals surface area contributed by atoms with Gasteiger partial charge in [0.2, 0.25) is 0 Å². The topological polar surface area (TPSA) is 76.5 Å². The van der Waals surface area contributed by atoms with Gasteiger partial charge in [0, 0.05) is 24.5 Å². The van der Waals surface area contributed by atoms with Crippen LogP contribution in [0.3, 0.4) is 0 Å². The number of aromatic nitrogens is 5. The van der Waals surface area contributed by atoms with E-state index in [9.17, 15) is 4.79 Å². The molecule has 0 saturated heterocycles. The summed E-state index contributed by atoms with van der Waals surface area (Å²) in [5.74, 6) is 0.535. The fourth-order valence-corrected chi connectivity index (χ4v) is 2.20. The van der Waals surface area contributed by atoms with E-state index in [1.807, 2.05) is 26.8 Å². The molecular formula is C14H15N5O. The number of nitrogens with zero attached hydrogens (tertiary/aromatic N) is 4. The minimum absolute atomic E-state index is 0.227. The van der Waals surface area contributed by atoms with Gasteiger partial charge in [-0.15, -0.1) is 0 Å². The smallest absolute Gasteiger partial charge is 0.279 e. The maximum Gasteiger partial charge on any atom is 0.279 e. The second kappa shape index (κ2) is 4.26. The second-order valence-corrected chi connectivity index (χ2v) is 4.97. The van der Waals surface area contributed by atoms with Crippen LogP contribution in [0.25, 0.3) is 22.4 Å². The summed E-state index contributed by atoms with van der Waals surface area (Å²) in [6, 6.07) is 1.97. The average molecular weight is 269 g/mol. The Morgan fingerprint density at radius 1 is 1.20 bits per heavy atom. The molecule has 3 aromatic heterocycles. The first-order valence-electron chi connectivity index (χ1n) is 6.34. The average Bonchev–Trinajstić information content (AvgIpc) is 2.70. The van der Waals surface area contributed by atoms with Crippen molar-refractivity contribution in [2.24, 2.45) is 7.05 Å². The molecule has 0 spiro atoms. The molecule has 20 heavy (non-hydrogen) atoms. The zero-order valence-corrected chi connectivity index (χ0v) is 11.9. The third-order valence-electron chi connectivity index (χ3n) is 3.45. The predicted octanol–water partition coefficient (Wildman–Crippen LogP) is 1.64. The highest BCUT2D eigenvalue weighted by Crippen LogP contribution is 2.20. The van der Waals surface area contributed by atoms with Crippen molar-refractivity contribution in [1.82, 2.24) is 24.7 Å². The van der Waals surface area contributed by atoms with Crippen LogP contribution < -0.4 is 5.56 Å². The van der Waals surface area contributed by atoms with Crippen LogP contribution in [0.4, 0.5) is 0 Å². The van der Waals surface area contributed by atoms with Crippen LogP contribution in [0.5, 0.6) is 0 Å². The largest absolute Gasteiger partial charge is 0.305 e. The van der Waals surface area contributed by atoms with Crippen molar-refractivity contribution >= 4 is 11.0 Å². The molecule has 1 N–H and O–H groups in total. The summed E-state index contributed by atoms with van der Waals surface area (Å²) in [7, 11) is 1.80. The molecular weight excluding hydrogens is 254 g/mol. The van der Waals surface area contributed by atoms with E-state index in [2.05, 4.69) is 20.1 Å². The fourth-order valence-electron chi connectivity index (χ4n) is 2.20. The van der Waals surface area contributed by atoms with Crippen molar-refractivity contribution in [2.75, 3.05) is 0 Å². The molecule has 0 aliphatic rings. The van der Waals surface area contributed by atoms with E-state index in [1.54, 1.807) is 17.9 Å². The maximum absolute atomic E-state index is 12.1. The lowest BCUT2D eigenvalue weighted by Gasteiger charge is -2.05. The Morgan fingerprint density at radius 2 is 1.95 bits per heavy atom. The van der Waals surface area contributed by atoms with Crippen LogP contribution in [-0.4, -0.2) is 24.7 Å². The number of hydrogen-bond donors (Lipinski definition) is 1. The molecule has 0 unspecified atom stereocenters. The Labute approximate surface area is 115 Å². The Bertz CT molecular complexity index is 875. The quantitative estimate of drug-likeness (QED) is 0.728. The molecule has 0 aliphatic carbocycles. The number of H-pyrrole nitrogens is 1. The number of nitrogens with one attached hydrogen (secondary N) is 1. The van der Waals surface area contributed by atoms with Gasteiger partial charge in [-0.05, 0) is 32.4 Å². The van der Waals surface area contributed by atoms with Gasteiger partial charge in [-0.1, -0.05) is 0 Å². The van der Waals surface area contributed by atoms with Gasteiger partial charge in [0.25, 0.3) is 5.56 Å². The molecule has 102 valence electrons. The number of aromatic amines is 1. The third-order valence-corrected chi connectivity index (χ3v) is 3.45. The molecule has 3 aromatic rings. The molecule has 0 saturated carbocycles. The minimum atomic E-state index is -0.227. The van der Waals surface area contributed by atoms with E-state index in [0.29, 0.717) is 16.9 Å². The third kappa shape index (κ3) is 1.80. The SMILES string of the molecule is Cc1cnc(C)c(-c2nc3c(C)n(C)nc3c(=O)[nH]2)c1. The number of aryl methyl sites for hydroxylation is 4. The molecule has 0 fully saturated rings. The number of pyridine rings is 1. The first-order chi connectivity index (χ1) is 9.47. The molecule has 0 bridgehead atoms. The van der Waals surface area contributed by atoms with Crippen LogP contribution in [0, 0.1) is 20.8 Å². The lowest BCUT2D eigenvalue weighted by atomic mass is 10.1. The predicted molar refractivity (Wildman–Crippen MR) is 76.6 cm³/mol. The van der Waals surface area contributed by atoms with Gasteiger partial charge in [0.05, 0.1) is 5.69 Å². The lowest BCUT2D eigenvalue weighted by Crippen LogP contribution is -2.10. The first-order valence-corrected chi connectivity index (χ1v) is 6.34. The molecule has 0 radical (unpaired) electrons. The standard InChI is InChI=1S/C14H15N5O/c1-7-5-10(8(2)15-6-7)13-16-11-9(3)19(4)18-12(11)14(20)17-13/h5-6H,1-4H3,(H,16,17,20). The summed E-state index contributed by atoms with van der Waals surface area (Å²) in [6.45, 7) is 5.75. The van der Waals surface area contributed by atoms with Crippen molar-refractivity contribution in [3.05, 3.63) is 39.6 Å². The zero-order chi connectivity index (χ0) is 14.4. The highest BCUT2D eigenvalue weighted by molar-refractivity contribution is 5.78. The van der Waals surface area contributed by atoms with Gasteiger partial charge >= 0.3 is 0 Å². The van der Waals surface area contributed by atoms with Crippen molar-refractivity contribution in [3.8, 4) is 11.4 Å². The second-order valence-electron chi connectivity index (χ2n) is 4.97. The molecule has 0 atom stereocenters. The van der Waals surface area contributed by atoms with E-state index in [1.165, 1.54) is 0 Å². The summed E-state index contributed by atoms with van der Waals surface area (Å²) < 4.78 is 1.66. The molecule has 0 aliphatic heterocycles. The van der Waals surface area contributed by atoms with Crippen LogP contribution >= 0.6 is 0 Å². The van der Waals surface area contributed by atoms with Crippen LogP contribution in [0.1, 0.15) is 17.0 Å². The van der Waals surface area contributed by atoms with E-state index in [4.69, 9.17) is 0 Å². The normalized spacial score (nSPS) is 11.2. The summed E-state index contributed by atoms with van der Waals surface area (Å²) in [5.41, 5.74) is 4.34.